The number of carbonyl (C=O) groups is 2. The second-order valence-corrected chi connectivity index (χ2v) is 11.2. The fourth-order valence-corrected chi connectivity index (χ4v) is 5.71. The molecule has 1 aliphatic rings. The molecule has 3 aromatic carbocycles. The average Bonchev–Trinajstić information content (AvgIpc) is 3.55. The molecule has 1 atom stereocenters. The summed E-state index contributed by atoms with van der Waals surface area (Å²) in [6.45, 7) is -0.0853. The number of hydrogen-bond acceptors (Lipinski definition) is 8. The molecular weight excluding hydrogens is 591 g/mol. The Labute approximate surface area is 267 Å². The van der Waals surface area contributed by atoms with Gasteiger partial charge in [-0.15, -0.1) is 10.2 Å². The number of hydrogen-bond donors (Lipinski definition) is 1. The van der Waals surface area contributed by atoms with Gasteiger partial charge in [-0.05, 0) is 84.1 Å². The Morgan fingerprint density at radius 3 is 2.33 bits per heavy atom. The number of ether oxygens (including phenoxy) is 3. The van der Waals surface area contributed by atoms with Crippen LogP contribution in [0.15, 0.2) is 66.7 Å². The van der Waals surface area contributed by atoms with E-state index in [0.717, 1.165) is 37.7 Å². The number of halogens is 1. The van der Waals surface area contributed by atoms with Crippen LogP contribution >= 0.6 is 0 Å². The third-order valence-electron chi connectivity index (χ3n) is 8.18. The Morgan fingerprint density at radius 1 is 0.935 bits per heavy atom. The molecule has 0 bridgehead atoms. The van der Waals surface area contributed by atoms with Crippen LogP contribution in [-0.2, 0) is 22.6 Å². The molecule has 46 heavy (non-hydrogen) atoms. The summed E-state index contributed by atoms with van der Waals surface area (Å²) in [7, 11) is 4.71. The van der Waals surface area contributed by atoms with Crippen LogP contribution in [0.4, 0.5) is 4.39 Å². The number of nitrogens with zero attached hydrogens (tertiary/aromatic N) is 5. The van der Waals surface area contributed by atoms with Gasteiger partial charge in [-0.2, -0.15) is 4.80 Å². The van der Waals surface area contributed by atoms with Gasteiger partial charge >= 0.3 is 0 Å². The summed E-state index contributed by atoms with van der Waals surface area (Å²) in [5, 5.41) is 15.8. The van der Waals surface area contributed by atoms with Crippen molar-refractivity contribution in [2.24, 2.45) is 0 Å². The number of aromatic nitrogens is 4. The molecule has 0 aliphatic heterocycles. The minimum Gasteiger partial charge on any atom is -0.497 e. The molecule has 0 radical (unpaired) electrons. The number of carbonyl (C=O) groups excluding carboxylic acids is 2. The van der Waals surface area contributed by atoms with Gasteiger partial charge in [0.25, 0.3) is 0 Å². The number of methoxy groups -OCH3 is 3. The highest BCUT2D eigenvalue weighted by atomic mass is 19.1. The van der Waals surface area contributed by atoms with Crippen molar-refractivity contribution in [1.82, 2.24) is 30.4 Å². The monoisotopic (exact) mass is 630 g/mol. The zero-order valence-electron chi connectivity index (χ0n) is 26.3. The first-order chi connectivity index (χ1) is 22.4. The topological polar surface area (TPSA) is 121 Å². The average molecular weight is 631 g/mol. The minimum absolute atomic E-state index is 0.0102. The summed E-state index contributed by atoms with van der Waals surface area (Å²) in [6.07, 6.45) is 5.34. The number of nitrogens with one attached hydrogen (secondary N) is 1. The maximum absolute atomic E-state index is 14.1. The molecule has 12 heteroatoms. The molecule has 2 amide bonds. The maximum atomic E-state index is 14.1. The highest BCUT2D eigenvalue weighted by molar-refractivity contribution is 5.89. The lowest BCUT2D eigenvalue weighted by Gasteiger charge is -2.33. The van der Waals surface area contributed by atoms with Crippen LogP contribution in [0.5, 0.6) is 17.2 Å². The summed E-state index contributed by atoms with van der Waals surface area (Å²) in [5.74, 6) is 1.03. The molecule has 0 spiro atoms. The lowest BCUT2D eigenvalue weighted by Crippen LogP contribution is -2.48. The van der Waals surface area contributed by atoms with E-state index in [1.807, 2.05) is 12.1 Å². The Balaban J connectivity index is 1.45. The van der Waals surface area contributed by atoms with Crippen LogP contribution in [0.2, 0.25) is 0 Å². The summed E-state index contributed by atoms with van der Waals surface area (Å²) >= 11 is 0. The van der Waals surface area contributed by atoms with Crippen molar-refractivity contribution in [3.8, 4) is 28.6 Å². The van der Waals surface area contributed by atoms with E-state index in [0.29, 0.717) is 40.6 Å². The summed E-state index contributed by atoms with van der Waals surface area (Å²) in [5.41, 5.74) is 2.09. The SMILES string of the molecule is COc1ccc(-c2nnn(CC(=O)N(CCc3ccc(OC)c(OC)c3)[C@@H](C(=O)NC3CCCCC3)c3ccc(F)cc3)n2)cc1. The van der Waals surface area contributed by atoms with Gasteiger partial charge in [0.2, 0.25) is 17.6 Å². The number of benzene rings is 3. The molecule has 1 aromatic heterocycles. The van der Waals surface area contributed by atoms with Gasteiger partial charge in [0.15, 0.2) is 11.5 Å². The molecule has 0 saturated heterocycles. The fraction of sp³-hybridized carbons (Fsp3) is 0.382. The Hall–Kier alpha value is -5.00. The van der Waals surface area contributed by atoms with Crippen LogP contribution in [-0.4, -0.2) is 70.8 Å². The number of amides is 2. The van der Waals surface area contributed by atoms with Gasteiger partial charge in [0, 0.05) is 18.2 Å². The Bertz CT molecular complexity index is 1610. The summed E-state index contributed by atoms with van der Waals surface area (Å²) in [4.78, 5) is 30.9. The van der Waals surface area contributed by atoms with E-state index < -0.39 is 17.8 Å². The van der Waals surface area contributed by atoms with E-state index in [-0.39, 0.29) is 25.0 Å². The Morgan fingerprint density at radius 2 is 1.65 bits per heavy atom. The van der Waals surface area contributed by atoms with Crippen molar-refractivity contribution in [1.29, 1.82) is 0 Å². The smallest absolute Gasteiger partial charge is 0.247 e. The summed E-state index contributed by atoms with van der Waals surface area (Å²) < 4.78 is 30.1. The maximum Gasteiger partial charge on any atom is 0.247 e. The molecule has 242 valence electrons. The van der Waals surface area contributed by atoms with E-state index in [2.05, 4.69) is 20.7 Å². The second-order valence-electron chi connectivity index (χ2n) is 11.2. The van der Waals surface area contributed by atoms with Crippen molar-refractivity contribution in [2.45, 2.75) is 57.2 Å². The first kappa shape index (κ1) is 32.4. The second kappa shape index (κ2) is 15.3. The molecule has 1 fully saturated rings. The van der Waals surface area contributed by atoms with Gasteiger partial charge in [-0.25, -0.2) is 4.39 Å². The molecule has 5 rings (SSSR count). The molecule has 1 heterocycles. The van der Waals surface area contributed by atoms with Crippen molar-refractivity contribution < 1.29 is 28.2 Å². The quantitative estimate of drug-likeness (QED) is 0.224. The van der Waals surface area contributed by atoms with Gasteiger partial charge in [-0.1, -0.05) is 37.5 Å². The molecule has 1 N–H and O–H groups in total. The van der Waals surface area contributed by atoms with E-state index in [9.17, 15) is 14.0 Å². The van der Waals surface area contributed by atoms with Crippen LogP contribution < -0.4 is 19.5 Å². The molecule has 1 aliphatic carbocycles. The first-order valence-corrected chi connectivity index (χ1v) is 15.4. The van der Waals surface area contributed by atoms with E-state index in [1.54, 1.807) is 63.8 Å². The van der Waals surface area contributed by atoms with Crippen LogP contribution in [0.25, 0.3) is 11.4 Å². The first-order valence-electron chi connectivity index (χ1n) is 15.4. The predicted octanol–water partition coefficient (Wildman–Crippen LogP) is 4.77. The highest BCUT2D eigenvalue weighted by Crippen LogP contribution is 2.29. The highest BCUT2D eigenvalue weighted by Gasteiger charge is 2.33. The van der Waals surface area contributed by atoms with Crippen molar-refractivity contribution in [3.63, 3.8) is 0 Å². The molecule has 0 unspecified atom stereocenters. The lowest BCUT2D eigenvalue weighted by atomic mass is 9.94. The minimum atomic E-state index is -1.01. The lowest BCUT2D eigenvalue weighted by molar-refractivity contribution is -0.142. The molecule has 1 saturated carbocycles. The van der Waals surface area contributed by atoms with Crippen LogP contribution in [0, 0.1) is 5.82 Å². The molecule has 11 nitrogen and oxygen atoms in total. The van der Waals surface area contributed by atoms with Gasteiger partial charge in [0.05, 0.1) is 21.3 Å². The fourth-order valence-electron chi connectivity index (χ4n) is 5.71. The van der Waals surface area contributed by atoms with Gasteiger partial charge in [0.1, 0.15) is 24.2 Å². The summed E-state index contributed by atoms with van der Waals surface area (Å²) in [6, 6.07) is 17.4. The zero-order chi connectivity index (χ0) is 32.5. The van der Waals surface area contributed by atoms with Crippen molar-refractivity contribution in [3.05, 3.63) is 83.7 Å². The van der Waals surface area contributed by atoms with E-state index in [4.69, 9.17) is 14.2 Å². The zero-order valence-corrected chi connectivity index (χ0v) is 26.3. The number of rotatable bonds is 13. The van der Waals surface area contributed by atoms with Crippen LogP contribution in [0.1, 0.15) is 49.3 Å². The van der Waals surface area contributed by atoms with E-state index in [1.165, 1.54) is 21.8 Å². The third-order valence-corrected chi connectivity index (χ3v) is 8.18. The normalized spacial score (nSPS) is 13.9. The van der Waals surface area contributed by atoms with Crippen molar-refractivity contribution in [2.75, 3.05) is 27.9 Å². The number of tetrazole rings is 1. The predicted molar refractivity (Wildman–Crippen MR) is 169 cm³/mol. The largest absolute Gasteiger partial charge is 0.497 e. The molecule has 4 aromatic rings. The van der Waals surface area contributed by atoms with Gasteiger partial charge < -0.3 is 24.4 Å². The van der Waals surface area contributed by atoms with E-state index >= 15 is 0 Å². The van der Waals surface area contributed by atoms with Crippen LogP contribution in [0.3, 0.4) is 0 Å². The third kappa shape index (κ3) is 7.98. The standard InChI is InChI=1S/C34H39FN6O5/c1-44-28-16-12-25(13-17-28)33-37-39-41(38-33)22-31(42)40(20-19-23-9-18-29(45-2)30(21-23)46-3)32(24-10-14-26(35)15-11-24)34(43)36-27-7-5-4-6-8-27/h9-18,21,27,32H,4-8,19-20,22H2,1-3H3,(H,36,43)/t32-/m1/s1. The molecular formula is C34H39FN6O5. The Kier molecular flexibility index (Phi) is 10.8. The van der Waals surface area contributed by atoms with Crippen molar-refractivity contribution >= 4 is 11.8 Å². The van der Waals surface area contributed by atoms with Gasteiger partial charge in [-0.3, -0.25) is 9.59 Å².